The minimum Gasteiger partial charge on any atom is -0.230 e. The van der Waals surface area contributed by atoms with Crippen LogP contribution in [0.3, 0.4) is 0 Å². The lowest BCUT2D eigenvalue weighted by atomic mass is 10.3. The van der Waals surface area contributed by atoms with Crippen LogP contribution in [0, 0.1) is 9.94 Å². The van der Waals surface area contributed by atoms with Crippen LogP contribution in [-0.2, 0) is 0 Å². The average Bonchev–Trinajstić information content (AvgIpc) is 2.26. The third-order valence-electron chi connectivity index (χ3n) is 1.20. The Morgan fingerprint density at radius 2 is 2.36 bits per heavy atom. The van der Waals surface area contributed by atoms with Crippen LogP contribution in [0.15, 0.2) is 18.7 Å². The number of allylic oxidation sites excluding steroid dienone is 2. The van der Waals surface area contributed by atoms with Crippen LogP contribution >= 0.6 is 33.9 Å². The fourth-order valence-electron chi connectivity index (χ4n) is 0.689. The first kappa shape index (κ1) is 8.93. The average molecular weight is 277 g/mol. The predicted octanol–water partition coefficient (Wildman–Crippen LogP) is 3.26. The lowest BCUT2D eigenvalue weighted by Gasteiger charge is -1.83. The molecule has 0 radical (unpaired) electrons. The van der Waals surface area contributed by atoms with E-state index in [0.29, 0.717) is 0 Å². The quantitative estimate of drug-likeness (QED) is 0.597. The molecule has 3 heteroatoms. The minimum atomic E-state index is 1.05. The second kappa shape index (κ2) is 4.01. The van der Waals surface area contributed by atoms with Crippen molar-refractivity contribution in [3.05, 3.63) is 32.3 Å². The highest BCUT2D eigenvalue weighted by Gasteiger charge is 1.99. The Morgan fingerprint density at radius 1 is 1.64 bits per heavy atom. The number of aryl methyl sites for hydroxylation is 1. The molecule has 0 aliphatic rings. The summed E-state index contributed by atoms with van der Waals surface area (Å²) < 4.78 is 1.09. The maximum absolute atomic E-state index is 4.32. The SMILES string of the molecule is C=C/C=C\c1nc(I)sc1C. The zero-order valence-corrected chi connectivity index (χ0v) is 9.15. The van der Waals surface area contributed by atoms with Gasteiger partial charge in [-0.05, 0) is 35.6 Å². The smallest absolute Gasteiger partial charge is 0.154 e. The van der Waals surface area contributed by atoms with E-state index in [1.54, 1.807) is 17.4 Å². The Morgan fingerprint density at radius 3 is 2.82 bits per heavy atom. The third kappa shape index (κ3) is 2.41. The molecular weight excluding hydrogens is 269 g/mol. The predicted molar refractivity (Wildman–Crippen MR) is 58.8 cm³/mol. The van der Waals surface area contributed by atoms with Gasteiger partial charge in [0.2, 0.25) is 0 Å². The first-order valence-electron chi connectivity index (χ1n) is 3.16. The van der Waals surface area contributed by atoms with E-state index in [4.69, 9.17) is 0 Å². The van der Waals surface area contributed by atoms with Gasteiger partial charge in [-0.1, -0.05) is 18.7 Å². The third-order valence-corrected chi connectivity index (χ3v) is 2.87. The zero-order valence-electron chi connectivity index (χ0n) is 6.17. The summed E-state index contributed by atoms with van der Waals surface area (Å²) in [4.78, 5) is 5.58. The van der Waals surface area contributed by atoms with E-state index in [2.05, 4.69) is 41.1 Å². The summed E-state index contributed by atoms with van der Waals surface area (Å²) in [6.07, 6.45) is 5.63. The molecule has 0 unspecified atom stereocenters. The summed E-state index contributed by atoms with van der Waals surface area (Å²) in [5, 5.41) is 0. The van der Waals surface area contributed by atoms with Gasteiger partial charge in [-0.15, -0.1) is 11.3 Å². The fraction of sp³-hybridized carbons (Fsp3) is 0.125. The van der Waals surface area contributed by atoms with Crippen molar-refractivity contribution < 1.29 is 0 Å². The summed E-state index contributed by atoms with van der Waals surface area (Å²) >= 11 is 3.94. The van der Waals surface area contributed by atoms with Crippen molar-refractivity contribution in [3.8, 4) is 0 Å². The molecule has 0 aliphatic heterocycles. The van der Waals surface area contributed by atoms with E-state index >= 15 is 0 Å². The largest absolute Gasteiger partial charge is 0.230 e. The first-order valence-corrected chi connectivity index (χ1v) is 5.05. The fourth-order valence-corrected chi connectivity index (χ4v) is 2.55. The van der Waals surface area contributed by atoms with Crippen LogP contribution in [0.25, 0.3) is 6.08 Å². The molecule has 0 saturated carbocycles. The van der Waals surface area contributed by atoms with Crippen molar-refractivity contribution in [1.82, 2.24) is 4.98 Å². The van der Waals surface area contributed by atoms with Gasteiger partial charge in [-0.3, -0.25) is 0 Å². The summed E-state index contributed by atoms with van der Waals surface area (Å²) in [5.74, 6) is 0. The van der Waals surface area contributed by atoms with Gasteiger partial charge < -0.3 is 0 Å². The normalized spacial score (nSPS) is 10.7. The van der Waals surface area contributed by atoms with Crippen molar-refractivity contribution in [2.24, 2.45) is 0 Å². The van der Waals surface area contributed by atoms with Crippen LogP contribution in [0.4, 0.5) is 0 Å². The number of halogens is 1. The molecule has 1 aromatic rings. The van der Waals surface area contributed by atoms with Gasteiger partial charge in [-0.2, -0.15) is 0 Å². The van der Waals surface area contributed by atoms with Gasteiger partial charge in [0.15, 0.2) is 3.01 Å². The Balaban J connectivity index is 2.93. The molecule has 0 atom stereocenters. The summed E-state index contributed by atoms with van der Waals surface area (Å²) in [7, 11) is 0. The molecule has 0 aliphatic carbocycles. The number of aromatic nitrogens is 1. The molecule has 0 amide bonds. The standard InChI is InChI=1S/C8H8INS/c1-3-4-5-7-6(2)11-8(9)10-7/h3-5H,1H2,2H3/b5-4-. The molecule has 58 valence electrons. The molecule has 1 nitrogen and oxygen atoms in total. The molecule has 1 aromatic heterocycles. The molecule has 0 fully saturated rings. The van der Waals surface area contributed by atoms with Crippen molar-refractivity contribution in [1.29, 1.82) is 0 Å². The molecular formula is C8H8INS. The van der Waals surface area contributed by atoms with Crippen molar-refractivity contribution >= 4 is 40.0 Å². The first-order chi connectivity index (χ1) is 5.24. The van der Waals surface area contributed by atoms with Crippen molar-refractivity contribution in [2.75, 3.05) is 0 Å². The highest BCUT2D eigenvalue weighted by atomic mass is 127. The Labute approximate surface area is 84.0 Å². The van der Waals surface area contributed by atoms with E-state index in [1.165, 1.54) is 4.88 Å². The molecule has 1 rings (SSSR count). The highest BCUT2D eigenvalue weighted by molar-refractivity contribution is 14.1. The van der Waals surface area contributed by atoms with Crippen LogP contribution in [0.2, 0.25) is 0 Å². The Kier molecular flexibility index (Phi) is 3.26. The number of rotatable bonds is 2. The van der Waals surface area contributed by atoms with Crippen molar-refractivity contribution in [3.63, 3.8) is 0 Å². The zero-order chi connectivity index (χ0) is 8.27. The highest BCUT2D eigenvalue weighted by Crippen LogP contribution is 2.19. The lowest BCUT2D eigenvalue weighted by molar-refractivity contribution is 1.31. The molecule has 11 heavy (non-hydrogen) atoms. The topological polar surface area (TPSA) is 12.9 Å². The molecule has 1 heterocycles. The molecule has 0 bridgehead atoms. The second-order valence-corrected chi connectivity index (χ2v) is 4.96. The molecule has 0 N–H and O–H groups in total. The monoisotopic (exact) mass is 277 g/mol. The summed E-state index contributed by atoms with van der Waals surface area (Å²) in [6, 6.07) is 0. The van der Waals surface area contributed by atoms with Gasteiger partial charge in [0, 0.05) is 4.88 Å². The number of hydrogen-bond acceptors (Lipinski definition) is 2. The summed E-state index contributed by atoms with van der Waals surface area (Å²) in [6.45, 7) is 5.67. The number of thiazole rings is 1. The maximum atomic E-state index is 4.32. The van der Waals surface area contributed by atoms with E-state index in [1.807, 2.05) is 12.2 Å². The van der Waals surface area contributed by atoms with Gasteiger partial charge in [0.05, 0.1) is 5.69 Å². The number of hydrogen-bond donors (Lipinski definition) is 0. The minimum absolute atomic E-state index is 1.05. The Hall–Kier alpha value is -0.160. The summed E-state index contributed by atoms with van der Waals surface area (Å²) in [5.41, 5.74) is 1.05. The van der Waals surface area contributed by atoms with E-state index in [0.717, 1.165) is 8.71 Å². The van der Waals surface area contributed by atoms with E-state index in [9.17, 15) is 0 Å². The van der Waals surface area contributed by atoms with E-state index in [-0.39, 0.29) is 0 Å². The van der Waals surface area contributed by atoms with Crippen LogP contribution < -0.4 is 0 Å². The second-order valence-electron chi connectivity index (χ2n) is 2.00. The molecule has 0 saturated heterocycles. The maximum Gasteiger partial charge on any atom is 0.154 e. The number of nitrogens with zero attached hydrogens (tertiary/aromatic N) is 1. The van der Waals surface area contributed by atoms with Crippen molar-refractivity contribution in [2.45, 2.75) is 6.92 Å². The Bertz CT molecular complexity index is 288. The van der Waals surface area contributed by atoms with Gasteiger partial charge in [-0.25, -0.2) is 4.98 Å². The molecule has 0 spiro atoms. The van der Waals surface area contributed by atoms with Crippen LogP contribution in [-0.4, -0.2) is 4.98 Å². The van der Waals surface area contributed by atoms with E-state index < -0.39 is 0 Å². The molecule has 0 aromatic carbocycles. The lowest BCUT2D eigenvalue weighted by Crippen LogP contribution is -1.73. The van der Waals surface area contributed by atoms with Gasteiger partial charge in [0.1, 0.15) is 0 Å². The van der Waals surface area contributed by atoms with Crippen LogP contribution in [0.5, 0.6) is 0 Å². The van der Waals surface area contributed by atoms with Crippen LogP contribution in [0.1, 0.15) is 10.6 Å². The van der Waals surface area contributed by atoms with Gasteiger partial charge >= 0.3 is 0 Å². The van der Waals surface area contributed by atoms with Gasteiger partial charge in [0.25, 0.3) is 0 Å².